The van der Waals surface area contributed by atoms with Crippen molar-refractivity contribution in [2.75, 3.05) is 26.7 Å². The summed E-state index contributed by atoms with van der Waals surface area (Å²) >= 11 is 0. The van der Waals surface area contributed by atoms with Crippen LogP contribution in [-0.4, -0.2) is 72.2 Å². The molecule has 1 saturated heterocycles. The number of aliphatic hydroxyl groups is 1. The predicted octanol–water partition coefficient (Wildman–Crippen LogP) is 3.20. The van der Waals surface area contributed by atoms with E-state index in [1.165, 1.54) is 7.05 Å². The fourth-order valence-corrected chi connectivity index (χ4v) is 4.45. The summed E-state index contributed by atoms with van der Waals surface area (Å²) < 4.78 is 55.0. The van der Waals surface area contributed by atoms with Crippen LogP contribution in [0.4, 0.5) is 27.2 Å². The smallest absolute Gasteiger partial charge is 0.406 e. The summed E-state index contributed by atoms with van der Waals surface area (Å²) in [6, 6.07) is 1.59. The summed E-state index contributed by atoms with van der Waals surface area (Å²) in [5, 5.41) is 15.3. The van der Waals surface area contributed by atoms with E-state index >= 15 is 0 Å². The quantitative estimate of drug-likeness (QED) is 0.512. The maximum atomic E-state index is 14.3. The first-order valence-electron chi connectivity index (χ1n) is 11.2. The molecule has 2 aliphatic rings. The van der Waals surface area contributed by atoms with Crippen LogP contribution in [-0.2, 0) is 6.54 Å². The Bertz CT molecular complexity index is 890. The van der Waals surface area contributed by atoms with Crippen molar-refractivity contribution in [1.82, 2.24) is 20.4 Å². The number of nitrogens with one attached hydrogen (secondary N) is 2. The van der Waals surface area contributed by atoms with Gasteiger partial charge in [-0.1, -0.05) is 13.0 Å². The van der Waals surface area contributed by atoms with E-state index in [9.17, 15) is 32.3 Å². The zero-order valence-corrected chi connectivity index (χ0v) is 19.1. The Morgan fingerprint density at radius 1 is 1.29 bits per heavy atom. The van der Waals surface area contributed by atoms with Crippen LogP contribution >= 0.6 is 0 Å². The molecule has 34 heavy (non-hydrogen) atoms. The number of alkyl halides is 3. The highest BCUT2D eigenvalue weighted by molar-refractivity contribution is 5.76. The average molecular weight is 490 g/mol. The van der Waals surface area contributed by atoms with Crippen molar-refractivity contribution >= 4 is 12.1 Å². The molecule has 0 spiro atoms. The van der Waals surface area contributed by atoms with Gasteiger partial charge < -0.3 is 30.3 Å². The van der Waals surface area contributed by atoms with Gasteiger partial charge >= 0.3 is 18.4 Å². The van der Waals surface area contributed by atoms with E-state index < -0.39 is 29.4 Å². The number of urea groups is 2. The lowest BCUT2D eigenvalue weighted by atomic mass is 9.76. The van der Waals surface area contributed by atoms with Crippen molar-refractivity contribution in [2.45, 2.75) is 57.6 Å². The average Bonchev–Trinajstić information content (AvgIpc) is 3.61. The molecule has 1 aliphatic heterocycles. The van der Waals surface area contributed by atoms with E-state index in [2.05, 4.69) is 15.4 Å². The highest BCUT2D eigenvalue weighted by Crippen LogP contribution is 2.39. The molecule has 8 nitrogen and oxygen atoms in total. The number of likely N-dealkylation sites (tertiary alicyclic amines) is 1. The van der Waals surface area contributed by atoms with E-state index in [-0.39, 0.29) is 36.8 Å². The van der Waals surface area contributed by atoms with Crippen molar-refractivity contribution in [1.29, 1.82) is 0 Å². The number of carbonyl (C=O) groups is 2. The van der Waals surface area contributed by atoms with Crippen molar-refractivity contribution < 1.29 is 37.0 Å². The van der Waals surface area contributed by atoms with Gasteiger partial charge in [-0.05, 0) is 31.7 Å². The van der Waals surface area contributed by atoms with Gasteiger partial charge in [0, 0.05) is 49.8 Å². The van der Waals surface area contributed by atoms with Crippen LogP contribution in [0, 0.1) is 11.2 Å². The van der Waals surface area contributed by atoms with E-state index in [0.29, 0.717) is 32.0 Å². The molecule has 12 heteroatoms. The number of benzene rings is 1. The molecule has 1 heterocycles. The Morgan fingerprint density at radius 2 is 2.00 bits per heavy atom. The topological polar surface area (TPSA) is 94.1 Å². The Morgan fingerprint density at radius 3 is 2.53 bits per heavy atom. The van der Waals surface area contributed by atoms with Crippen molar-refractivity contribution in [3.8, 4) is 5.75 Å². The minimum absolute atomic E-state index is 0.00696. The third kappa shape index (κ3) is 6.22. The summed E-state index contributed by atoms with van der Waals surface area (Å²) in [6.45, 7) is 2.23. The van der Waals surface area contributed by atoms with Gasteiger partial charge in [0.15, 0.2) is 0 Å². The molecule has 190 valence electrons. The summed E-state index contributed by atoms with van der Waals surface area (Å²) in [5.74, 6) is -1.62. The van der Waals surface area contributed by atoms with Crippen molar-refractivity contribution in [2.24, 2.45) is 5.41 Å². The van der Waals surface area contributed by atoms with Crippen LogP contribution in [0.15, 0.2) is 18.2 Å². The van der Waals surface area contributed by atoms with Gasteiger partial charge in [-0.3, -0.25) is 0 Å². The summed E-state index contributed by atoms with van der Waals surface area (Å²) in [7, 11) is 1.52. The molecule has 3 N–H and O–H groups in total. The molecule has 3 rings (SSSR count). The Kier molecular flexibility index (Phi) is 7.79. The standard InChI is InChI=1S/C22H30F4N4O4/c1-3-21(13-31)9-16(11-29(12-21)19(32)27-2)30(15-5-6-15)20(33)28-10-14-4-7-17(8-18(14)23)34-22(24,25)26/h4,7-8,15-16,31H,3,5-6,9-13H2,1-2H3,(H,27,32)(H,28,33). The number of amides is 4. The van der Waals surface area contributed by atoms with E-state index in [1.807, 2.05) is 6.92 Å². The number of hydrogen-bond acceptors (Lipinski definition) is 4. The van der Waals surface area contributed by atoms with Crippen LogP contribution in [0.1, 0.15) is 38.2 Å². The van der Waals surface area contributed by atoms with Crippen LogP contribution in [0.2, 0.25) is 0 Å². The third-order valence-electron chi connectivity index (χ3n) is 6.47. The van der Waals surface area contributed by atoms with Crippen molar-refractivity contribution in [3.05, 3.63) is 29.6 Å². The lowest BCUT2D eigenvalue weighted by Gasteiger charge is -2.48. The zero-order chi connectivity index (χ0) is 25.1. The lowest BCUT2D eigenvalue weighted by molar-refractivity contribution is -0.274. The highest BCUT2D eigenvalue weighted by atomic mass is 19.4. The molecule has 1 saturated carbocycles. The van der Waals surface area contributed by atoms with Crippen LogP contribution in [0.5, 0.6) is 5.75 Å². The van der Waals surface area contributed by atoms with E-state index in [0.717, 1.165) is 25.0 Å². The maximum Gasteiger partial charge on any atom is 0.573 e. The number of aliphatic hydroxyl groups excluding tert-OH is 1. The number of hydrogen-bond donors (Lipinski definition) is 3. The molecule has 2 unspecified atom stereocenters. The first kappa shape index (κ1) is 25.9. The molecule has 2 atom stereocenters. The molecular formula is C22H30F4N4O4. The SMILES string of the molecule is CCC1(CO)CC(N(C(=O)NCc2ccc(OC(F)(F)F)cc2F)C2CC2)CN(C(=O)NC)C1. The number of halogens is 4. The second kappa shape index (κ2) is 10.2. The molecule has 4 amide bonds. The normalized spacial score (nSPS) is 22.8. The molecule has 0 bridgehead atoms. The van der Waals surface area contributed by atoms with E-state index in [1.54, 1.807) is 9.80 Å². The van der Waals surface area contributed by atoms with Crippen LogP contribution < -0.4 is 15.4 Å². The number of rotatable bonds is 7. The summed E-state index contributed by atoms with van der Waals surface area (Å²) in [5.41, 5.74) is -0.545. The third-order valence-corrected chi connectivity index (χ3v) is 6.47. The minimum atomic E-state index is -4.93. The Balaban J connectivity index is 1.72. The first-order chi connectivity index (χ1) is 16.0. The van der Waals surface area contributed by atoms with Gasteiger partial charge in [-0.2, -0.15) is 0 Å². The van der Waals surface area contributed by atoms with Gasteiger partial charge in [-0.25, -0.2) is 14.0 Å². The summed E-state index contributed by atoms with van der Waals surface area (Å²) in [6.07, 6.45) is -2.22. The first-order valence-corrected chi connectivity index (χ1v) is 11.2. The molecule has 1 aliphatic carbocycles. The monoisotopic (exact) mass is 490 g/mol. The second-order valence-corrected chi connectivity index (χ2v) is 8.90. The van der Waals surface area contributed by atoms with Crippen LogP contribution in [0.3, 0.4) is 0 Å². The Labute approximate surface area is 195 Å². The van der Waals surface area contributed by atoms with Gasteiger partial charge in [-0.15, -0.1) is 13.2 Å². The highest BCUT2D eigenvalue weighted by Gasteiger charge is 2.46. The number of piperidine rings is 1. The Hall–Kier alpha value is -2.76. The summed E-state index contributed by atoms with van der Waals surface area (Å²) in [4.78, 5) is 28.8. The van der Waals surface area contributed by atoms with Crippen LogP contribution in [0.25, 0.3) is 0 Å². The fourth-order valence-electron chi connectivity index (χ4n) is 4.45. The van der Waals surface area contributed by atoms with Gasteiger partial charge in [0.2, 0.25) is 0 Å². The molecular weight excluding hydrogens is 460 g/mol. The minimum Gasteiger partial charge on any atom is -0.406 e. The molecule has 0 radical (unpaired) electrons. The molecule has 2 fully saturated rings. The number of nitrogens with zero attached hydrogens (tertiary/aromatic N) is 2. The molecule has 1 aromatic carbocycles. The van der Waals surface area contributed by atoms with Gasteiger partial charge in [0.1, 0.15) is 11.6 Å². The lowest BCUT2D eigenvalue weighted by Crippen LogP contribution is -2.61. The van der Waals surface area contributed by atoms with E-state index in [4.69, 9.17) is 0 Å². The number of carbonyl (C=O) groups excluding carboxylic acids is 2. The largest absolute Gasteiger partial charge is 0.573 e. The fraction of sp³-hybridized carbons (Fsp3) is 0.636. The van der Waals surface area contributed by atoms with Gasteiger partial charge in [0.05, 0.1) is 12.6 Å². The molecule has 0 aromatic heterocycles. The van der Waals surface area contributed by atoms with Crippen molar-refractivity contribution in [3.63, 3.8) is 0 Å². The number of ether oxygens (including phenoxy) is 1. The maximum absolute atomic E-state index is 14.3. The van der Waals surface area contributed by atoms with Gasteiger partial charge in [0.25, 0.3) is 0 Å². The second-order valence-electron chi connectivity index (χ2n) is 8.90. The zero-order valence-electron chi connectivity index (χ0n) is 19.1. The predicted molar refractivity (Wildman–Crippen MR) is 114 cm³/mol. The molecule has 1 aromatic rings.